The lowest BCUT2D eigenvalue weighted by Gasteiger charge is -2.21. The van der Waals surface area contributed by atoms with Crippen LogP contribution in [-0.2, 0) is 6.42 Å². The summed E-state index contributed by atoms with van der Waals surface area (Å²) in [5.41, 5.74) is 0. The fourth-order valence-electron chi connectivity index (χ4n) is 2.08. The van der Waals surface area contributed by atoms with Crippen LogP contribution in [0.1, 0.15) is 31.1 Å². The molecule has 1 aromatic heterocycles. The summed E-state index contributed by atoms with van der Waals surface area (Å²) in [6.07, 6.45) is 9.39. The van der Waals surface area contributed by atoms with Gasteiger partial charge in [-0.2, -0.15) is 0 Å². The van der Waals surface area contributed by atoms with Gasteiger partial charge in [0.25, 0.3) is 0 Å². The molecule has 1 nitrogen and oxygen atoms in total. The predicted octanol–water partition coefficient (Wildman–Crippen LogP) is 3.38. The molecule has 0 spiro atoms. The van der Waals surface area contributed by atoms with Gasteiger partial charge in [0.05, 0.1) is 0 Å². The summed E-state index contributed by atoms with van der Waals surface area (Å²) < 4.78 is 0. The van der Waals surface area contributed by atoms with E-state index in [1.165, 1.54) is 30.6 Å². The maximum Gasteiger partial charge on any atom is 0.0139 e. The molecule has 0 saturated heterocycles. The summed E-state index contributed by atoms with van der Waals surface area (Å²) in [5.74, 6) is 0. The molecule has 1 aliphatic rings. The molecule has 0 fully saturated rings. The van der Waals surface area contributed by atoms with E-state index in [2.05, 4.69) is 41.9 Å². The van der Waals surface area contributed by atoms with E-state index in [1.807, 2.05) is 11.3 Å². The van der Waals surface area contributed by atoms with Crippen LogP contribution in [0.15, 0.2) is 29.7 Å². The minimum Gasteiger partial charge on any atom is -0.310 e. The lowest BCUT2D eigenvalue weighted by Crippen LogP contribution is -2.37. The maximum absolute atomic E-state index is 3.75. The minimum absolute atomic E-state index is 0.647. The second-order valence-electron chi connectivity index (χ2n) is 4.20. The van der Waals surface area contributed by atoms with Gasteiger partial charge in [0.2, 0.25) is 0 Å². The van der Waals surface area contributed by atoms with Crippen LogP contribution in [0.2, 0.25) is 0 Å². The molecule has 2 heteroatoms. The van der Waals surface area contributed by atoms with Gasteiger partial charge < -0.3 is 5.32 Å². The highest BCUT2D eigenvalue weighted by Crippen LogP contribution is 2.15. The third-order valence-corrected chi connectivity index (χ3v) is 3.90. The largest absolute Gasteiger partial charge is 0.310 e. The molecular weight excluding hydrogens is 202 g/mol. The second kappa shape index (κ2) is 5.47. The van der Waals surface area contributed by atoms with Crippen molar-refractivity contribution in [1.82, 2.24) is 5.32 Å². The van der Waals surface area contributed by atoms with Crippen molar-refractivity contribution in [3.05, 3.63) is 34.5 Å². The Labute approximate surface area is 96.2 Å². The van der Waals surface area contributed by atoms with Crippen molar-refractivity contribution in [2.45, 2.75) is 44.7 Å². The quantitative estimate of drug-likeness (QED) is 0.752. The second-order valence-corrected chi connectivity index (χ2v) is 5.23. The SMILES string of the molecule is CCC(Cc1cccs1)NC1CC=CC1. The van der Waals surface area contributed by atoms with Gasteiger partial charge in [0, 0.05) is 17.0 Å². The number of rotatable bonds is 5. The maximum atomic E-state index is 3.75. The third kappa shape index (κ3) is 3.18. The van der Waals surface area contributed by atoms with Crippen molar-refractivity contribution in [2.75, 3.05) is 0 Å². The van der Waals surface area contributed by atoms with Crippen LogP contribution in [0.4, 0.5) is 0 Å². The molecule has 2 rings (SSSR count). The van der Waals surface area contributed by atoms with E-state index >= 15 is 0 Å². The van der Waals surface area contributed by atoms with E-state index in [9.17, 15) is 0 Å². The van der Waals surface area contributed by atoms with Gasteiger partial charge in [-0.15, -0.1) is 11.3 Å². The standard InChI is InChI=1S/C13H19NS/c1-2-11(10-13-8-5-9-15-13)14-12-6-3-4-7-12/h3-5,8-9,11-12,14H,2,6-7,10H2,1H3. The molecule has 1 aromatic rings. The fraction of sp³-hybridized carbons (Fsp3) is 0.538. The molecule has 0 radical (unpaired) electrons. The van der Waals surface area contributed by atoms with Crippen molar-refractivity contribution in [2.24, 2.45) is 0 Å². The van der Waals surface area contributed by atoms with E-state index in [1.54, 1.807) is 0 Å². The summed E-state index contributed by atoms with van der Waals surface area (Å²) in [6.45, 7) is 2.27. The minimum atomic E-state index is 0.647. The molecule has 1 N–H and O–H groups in total. The lowest BCUT2D eigenvalue weighted by atomic mass is 10.1. The zero-order valence-corrected chi connectivity index (χ0v) is 10.1. The molecule has 1 heterocycles. The smallest absolute Gasteiger partial charge is 0.0139 e. The Morgan fingerprint density at radius 1 is 1.47 bits per heavy atom. The van der Waals surface area contributed by atoms with Crippen LogP contribution in [0.5, 0.6) is 0 Å². The van der Waals surface area contributed by atoms with Crippen LogP contribution in [0.25, 0.3) is 0 Å². The van der Waals surface area contributed by atoms with Gasteiger partial charge in [-0.05, 0) is 37.1 Å². The van der Waals surface area contributed by atoms with E-state index in [-0.39, 0.29) is 0 Å². The summed E-state index contributed by atoms with van der Waals surface area (Å²) in [7, 11) is 0. The summed E-state index contributed by atoms with van der Waals surface area (Å²) in [6, 6.07) is 5.72. The predicted molar refractivity (Wildman–Crippen MR) is 67.4 cm³/mol. The van der Waals surface area contributed by atoms with Crippen LogP contribution < -0.4 is 5.32 Å². The average molecular weight is 221 g/mol. The van der Waals surface area contributed by atoms with Gasteiger partial charge in [-0.1, -0.05) is 25.1 Å². The monoisotopic (exact) mass is 221 g/mol. The lowest BCUT2D eigenvalue weighted by molar-refractivity contribution is 0.426. The molecule has 15 heavy (non-hydrogen) atoms. The third-order valence-electron chi connectivity index (χ3n) is 3.00. The fourth-order valence-corrected chi connectivity index (χ4v) is 2.87. The Morgan fingerprint density at radius 2 is 2.27 bits per heavy atom. The van der Waals surface area contributed by atoms with E-state index in [0.29, 0.717) is 12.1 Å². The molecule has 82 valence electrons. The van der Waals surface area contributed by atoms with Crippen molar-refractivity contribution in [3.63, 3.8) is 0 Å². The first-order valence-electron chi connectivity index (χ1n) is 5.82. The van der Waals surface area contributed by atoms with Gasteiger partial charge in [0.15, 0.2) is 0 Å². The summed E-state index contributed by atoms with van der Waals surface area (Å²) in [5, 5.41) is 5.91. The van der Waals surface area contributed by atoms with Gasteiger partial charge >= 0.3 is 0 Å². The number of thiophene rings is 1. The Bertz CT molecular complexity index is 294. The van der Waals surface area contributed by atoms with Gasteiger partial charge in [0.1, 0.15) is 0 Å². The normalized spacial score (nSPS) is 18.5. The van der Waals surface area contributed by atoms with E-state index < -0.39 is 0 Å². The zero-order chi connectivity index (χ0) is 10.5. The molecule has 0 aliphatic heterocycles. The molecule has 1 atom stereocenters. The first-order chi connectivity index (χ1) is 7.38. The Hall–Kier alpha value is -0.600. The molecule has 1 aliphatic carbocycles. The summed E-state index contributed by atoms with van der Waals surface area (Å²) in [4.78, 5) is 1.50. The van der Waals surface area contributed by atoms with Crippen molar-refractivity contribution >= 4 is 11.3 Å². The Kier molecular flexibility index (Phi) is 3.98. The highest BCUT2D eigenvalue weighted by Gasteiger charge is 2.15. The molecular formula is C13H19NS. The number of nitrogens with one attached hydrogen (secondary N) is 1. The zero-order valence-electron chi connectivity index (χ0n) is 9.28. The molecule has 0 bridgehead atoms. The molecule has 0 saturated carbocycles. The van der Waals surface area contributed by atoms with Crippen LogP contribution >= 0.6 is 11.3 Å². The van der Waals surface area contributed by atoms with E-state index in [4.69, 9.17) is 0 Å². The highest BCUT2D eigenvalue weighted by atomic mass is 32.1. The number of hydrogen-bond donors (Lipinski definition) is 1. The average Bonchev–Trinajstić information content (AvgIpc) is 2.89. The van der Waals surface area contributed by atoms with Crippen molar-refractivity contribution in [3.8, 4) is 0 Å². The molecule has 1 unspecified atom stereocenters. The first kappa shape index (κ1) is 10.9. The topological polar surface area (TPSA) is 12.0 Å². The first-order valence-corrected chi connectivity index (χ1v) is 6.70. The van der Waals surface area contributed by atoms with Crippen LogP contribution in [-0.4, -0.2) is 12.1 Å². The van der Waals surface area contributed by atoms with Gasteiger partial charge in [-0.3, -0.25) is 0 Å². The van der Waals surface area contributed by atoms with Crippen molar-refractivity contribution < 1.29 is 0 Å². The summed E-state index contributed by atoms with van der Waals surface area (Å²) >= 11 is 1.87. The molecule has 0 aromatic carbocycles. The van der Waals surface area contributed by atoms with Crippen LogP contribution in [0, 0.1) is 0 Å². The Balaban J connectivity index is 1.82. The Morgan fingerprint density at radius 3 is 2.87 bits per heavy atom. The molecule has 0 amide bonds. The van der Waals surface area contributed by atoms with Crippen molar-refractivity contribution in [1.29, 1.82) is 0 Å². The van der Waals surface area contributed by atoms with E-state index in [0.717, 1.165) is 0 Å². The number of hydrogen-bond acceptors (Lipinski definition) is 2. The van der Waals surface area contributed by atoms with Crippen LogP contribution in [0.3, 0.4) is 0 Å². The van der Waals surface area contributed by atoms with Gasteiger partial charge in [-0.25, -0.2) is 0 Å². The highest BCUT2D eigenvalue weighted by molar-refractivity contribution is 7.09.